The first-order valence-corrected chi connectivity index (χ1v) is 6.89. The van der Waals surface area contributed by atoms with Gasteiger partial charge < -0.3 is 4.57 Å². The predicted octanol–water partition coefficient (Wildman–Crippen LogP) is 4.08. The number of fused-ring (bicyclic) bond motifs is 1. The van der Waals surface area contributed by atoms with Crippen LogP contribution in [-0.4, -0.2) is 9.55 Å². The molecule has 0 aliphatic rings. The Morgan fingerprint density at radius 2 is 1.95 bits per heavy atom. The van der Waals surface area contributed by atoms with Crippen molar-refractivity contribution in [3.63, 3.8) is 0 Å². The maximum absolute atomic E-state index is 8.69. The lowest BCUT2D eigenvalue weighted by Crippen LogP contribution is -2.05. The van der Waals surface area contributed by atoms with Crippen LogP contribution in [0.25, 0.3) is 11.0 Å². The molecule has 0 unspecified atom stereocenters. The average molecular weight is 255 g/mol. The summed E-state index contributed by atoms with van der Waals surface area (Å²) in [6.45, 7) is 9.47. The van der Waals surface area contributed by atoms with Gasteiger partial charge in [0.05, 0.1) is 17.1 Å². The normalized spacial score (nSPS) is 11.2. The summed E-state index contributed by atoms with van der Waals surface area (Å²) in [5.41, 5.74) is 4.85. The standard InChI is InChI=1S/C16H21N3/c1-11(2)16-18-14-9-12(3)13(4)10-15(14)19(16)8-6-5-7-17/h9-11H,5-6,8H2,1-4H3. The fraction of sp³-hybridized carbons (Fsp3) is 0.500. The van der Waals surface area contributed by atoms with E-state index in [1.807, 2.05) is 0 Å². The van der Waals surface area contributed by atoms with Crippen molar-refractivity contribution in [1.29, 1.82) is 5.26 Å². The third-order valence-electron chi connectivity index (χ3n) is 3.58. The van der Waals surface area contributed by atoms with Gasteiger partial charge in [-0.3, -0.25) is 0 Å². The number of aromatic nitrogens is 2. The number of nitriles is 1. The van der Waals surface area contributed by atoms with Crippen molar-refractivity contribution < 1.29 is 0 Å². The molecule has 3 nitrogen and oxygen atoms in total. The van der Waals surface area contributed by atoms with Gasteiger partial charge in [-0.2, -0.15) is 5.26 Å². The Hall–Kier alpha value is -1.82. The van der Waals surface area contributed by atoms with Crippen LogP contribution in [0.3, 0.4) is 0 Å². The van der Waals surface area contributed by atoms with E-state index in [0.29, 0.717) is 12.3 Å². The van der Waals surface area contributed by atoms with Crippen LogP contribution in [0.15, 0.2) is 12.1 Å². The summed E-state index contributed by atoms with van der Waals surface area (Å²) >= 11 is 0. The fourth-order valence-corrected chi connectivity index (χ4v) is 2.39. The molecule has 0 bridgehead atoms. The lowest BCUT2D eigenvalue weighted by molar-refractivity contribution is 0.609. The van der Waals surface area contributed by atoms with Crippen LogP contribution in [0.1, 0.15) is 49.6 Å². The number of benzene rings is 1. The van der Waals surface area contributed by atoms with Gasteiger partial charge in [-0.25, -0.2) is 4.98 Å². The number of hydrogen-bond donors (Lipinski definition) is 0. The second-order valence-corrected chi connectivity index (χ2v) is 5.46. The van der Waals surface area contributed by atoms with E-state index in [1.165, 1.54) is 16.6 Å². The number of rotatable bonds is 4. The first-order valence-electron chi connectivity index (χ1n) is 6.89. The molecular formula is C16H21N3. The SMILES string of the molecule is Cc1cc2nc(C(C)C)n(CCCC#N)c2cc1C. The van der Waals surface area contributed by atoms with Crippen molar-refractivity contribution in [3.05, 3.63) is 29.1 Å². The van der Waals surface area contributed by atoms with Crippen molar-refractivity contribution in [2.45, 2.75) is 53.0 Å². The zero-order chi connectivity index (χ0) is 14.0. The zero-order valence-corrected chi connectivity index (χ0v) is 12.2. The van der Waals surface area contributed by atoms with Gasteiger partial charge in [0.2, 0.25) is 0 Å². The molecule has 19 heavy (non-hydrogen) atoms. The minimum Gasteiger partial charge on any atom is -0.328 e. The molecule has 0 N–H and O–H groups in total. The first-order chi connectivity index (χ1) is 9.04. The molecule has 0 aliphatic carbocycles. The summed E-state index contributed by atoms with van der Waals surface area (Å²) in [5.74, 6) is 1.52. The third kappa shape index (κ3) is 2.63. The van der Waals surface area contributed by atoms with Gasteiger partial charge in [0.15, 0.2) is 0 Å². The Bertz CT molecular complexity index is 629. The van der Waals surface area contributed by atoms with E-state index in [9.17, 15) is 0 Å². The van der Waals surface area contributed by atoms with E-state index in [-0.39, 0.29) is 0 Å². The summed E-state index contributed by atoms with van der Waals surface area (Å²) in [6, 6.07) is 6.60. The highest BCUT2D eigenvalue weighted by Gasteiger charge is 2.14. The smallest absolute Gasteiger partial charge is 0.112 e. The van der Waals surface area contributed by atoms with Crippen LogP contribution in [0.5, 0.6) is 0 Å². The van der Waals surface area contributed by atoms with Gasteiger partial charge in [-0.05, 0) is 43.5 Å². The number of hydrogen-bond acceptors (Lipinski definition) is 2. The van der Waals surface area contributed by atoms with Crippen LogP contribution >= 0.6 is 0 Å². The molecule has 0 spiro atoms. The van der Waals surface area contributed by atoms with E-state index < -0.39 is 0 Å². The molecule has 0 amide bonds. The van der Waals surface area contributed by atoms with E-state index >= 15 is 0 Å². The van der Waals surface area contributed by atoms with Gasteiger partial charge >= 0.3 is 0 Å². The molecule has 0 saturated carbocycles. The largest absolute Gasteiger partial charge is 0.328 e. The van der Waals surface area contributed by atoms with Gasteiger partial charge in [0.1, 0.15) is 5.82 Å². The zero-order valence-electron chi connectivity index (χ0n) is 12.2. The Kier molecular flexibility index (Phi) is 3.90. The summed E-state index contributed by atoms with van der Waals surface area (Å²) in [4.78, 5) is 4.77. The van der Waals surface area contributed by atoms with Crippen molar-refractivity contribution >= 4 is 11.0 Å². The number of aryl methyl sites for hydroxylation is 3. The van der Waals surface area contributed by atoms with E-state index in [4.69, 9.17) is 10.2 Å². The molecule has 1 heterocycles. The van der Waals surface area contributed by atoms with E-state index in [1.54, 1.807) is 0 Å². The highest BCUT2D eigenvalue weighted by Crippen LogP contribution is 2.25. The van der Waals surface area contributed by atoms with Gasteiger partial charge in [0.25, 0.3) is 0 Å². The lowest BCUT2D eigenvalue weighted by Gasteiger charge is -2.11. The molecule has 3 heteroatoms. The predicted molar refractivity (Wildman–Crippen MR) is 78.1 cm³/mol. The minimum absolute atomic E-state index is 0.398. The van der Waals surface area contributed by atoms with Crippen LogP contribution in [-0.2, 0) is 6.54 Å². The maximum atomic E-state index is 8.69. The van der Waals surface area contributed by atoms with Gasteiger partial charge in [-0.15, -0.1) is 0 Å². The second kappa shape index (κ2) is 5.44. The molecule has 1 aromatic heterocycles. The van der Waals surface area contributed by atoms with Crippen LogP contribution in [0.2, 0.25) is 0 Å². The molecule has 0 atom stereocenters. The van der Waals surface area contributed by atoms with Crippen molar-refractivity contribution in [3.8, 4) is 6.07 Å². The number of nitrogens with zero attached hydrogens (tertiary/aromatic N) is 3. The fourth-order valence-electron chi connectivity index (χ4n) is 2.39. The molecule has 0 fully saturated rings. The summed E-state index contributed by atoms with van der Waals surface area (Å²) in [5, 5.41) is 8.69. The lowest BCUT2D eigenvalue weighted by atomic mass is 10.1. The van der Waals surface area contributed by atoms with Gasteiger partial charge in [0, 0.05) is 18.9 Å². The Balaban J connectivity index is 2.53. The number of unbranched alkanes of at least 4 members (excludes halogenated alkanes) is 1. The Labute approximate surface area is 114 Å². The third-order valence-corrected chi connectivity index (χ3v) is 3.58. The Morgan fingerprint density at radius 3 is 2.58 bits per heavy atom. The molecular weight excluding hydrogens is 234 g/mol. The molecule has 0 radical (unpaired) electrons. The highest BCUT2D eigenvalue weighted by atomic mass is 15.1. The quantitative estimate of drug-likeness (QED) is 0.772. The summed E-state index contributed by atoms with van der Waals surface area (Å²) < 4.78 is 2.28. The molecule has 1 aromatic carbocycles. The highest BCUT2D eigenvalue weighted by molar-refractivity contribution is 5.78. The van der Waals surface area contributed by atoms with Crippen LogP contribution < -0.4 is 0 Å². The Morgan fingerprint density at radius 1 is 1.26 bits per heavy atom. The van der Waals surface area contributed by atoms with Gasteiger partial charge in [-0.1, -0.05) is 13.8 Å². The maximum Gasteiger partial charge on any atom is 0.112 e. The number of imidazole rings is 1. The molecule has 0 aliphatic heterocycles. The summed E-state index contributed by atoms with van der Waals surface area (Å²) in [6.07, 6.45) is 1.48. The van der Waals surface area contributed by atoms with Crippen LogP contribution in [0.4, 0.5) is 0 Å². The van der Waals surface area contributed by atoms with Crippen LogP contribution in [0, 0.1) is 25.2 Å². The van der Waals surface area contributed by atoms with Crippen molar-refractivity contribution in [2.24, 2.45) is 0 Å². The molecule has 2 aromatic rings. The first kappa shape index (κ1) is 13.6. The monoisotopic (exact) mass is 255 g/mol. The molecule has 2 rings (SSSR count). The minimum atomic E-state index is 0.398. The average Bonchev–Trinajstić information content (AvgIpc) is 2.69. The summed E-state index contributed by atoms with van der Waals surface area (Å²) in [7, 11) is 0. The van der Waals surface area contributed by atoms with E-state index in [0.717, 1.165) is 24.3 Å². The topological polar surface area (TPSA) is 41.6 Å². The molecule has 0 saturated heterocycles. The molecule has 100 valence electrons. The van der Waals surface area contributed by atoms with E-state index in [2.05, 4.69) is 50.5 Å². The van der Waals surface area contributed by atoms with Crippen molar-refractivity contribution in [1.82, 2.24) is 9.55 Å². The second-order valence-electron chi connectivity index (χ2n) is 5.46. The van der Waals surface area contributed by atoms with Crippen molar-refractivity contribution in [2.75, 3.05) is 0 Å².